The van der Waals surface area contributed by atoms with E-state index in [2.05, 4.69) is 5.32 Å². The van der Waals surface area contributed by atoms with Crippen LogP contribution in [0.25, 0.3) is 0 Å². The number of furan rings is 1. The quantitative estimate of drug-likeness (QED) is 0.683. The Hall–Kier alpha value is -2.52. The van der Waals surface area contributed by atoms with E-state index in [0.717, 1.165) is 0 Å². The molecule has 0 aliphatic heterocycles. The van der Waals surface area contributed by atoms with Crippen molar-refractivity contribution in [2.45, 2.75) is 6.54 Å². The van der Waals surface area contributed by atoms with Crippen molar-refractivity contribution in [1.82, 2.24) is 0 Å². The third kappa shape index (κ3) is 3.03. The molecule has 19 heavy (non-hydrogen) atoms. The fourth-order valence-corrected chi connectivity index (χ4v) is 1.67. The van der Waals surface area contributed by atoms with Gasteiger partial charge in [-0.2, -0.15) is 5.26 Å². The average molecular weight is 278 g/mol. The van der Waals surface area contributed by atoms with E-state index in [1.165, 1.54) is 12.1 Å². The smallest absolute Gasteiger partial charge is 0.404 e. The molecule has 0 aliphatic rings. The van der Waals surface area contributed by atoms with Crippen LogP contribution in [-0.2, 0) is 6.54 Å². The van der Waals surface area contributed by atoms with Crippen LogP contribution < -0.4 is 5.32 Å². The van der Waals surface area contributed by atoms with Crippen LogP contribution in [-0.4, -0.2) is 4.92 Å². The standard InChI is InChI=1S/C12H8ClN3O3/c13-9-2-1-8(6-14)11(5-9)15-7-10-3-4-12(19-10)16(17)18/h1-5,15H,7H2. The van der Waals surface area contributed by atoms with Gasteiger partial charge in [-0.1, -0.05) is 11.6 Å². The second kappa shape index (κ2) is 5.42. The summed E-state index contributed by atoms with van der Waals surface area (Å²) in [6.07, 6.45) is 0. The maximum absolute atomic E-state index is 10.5. The first-order valence-electron chi connectivity index (χ1n) is 5.27. The van der Waals surface area contributed by atoms with E-state index in [0.29, 0.717) is 22.0 Å². The number of halogens is 1. The highest BCUT2D eigenvalue weighted by Gasteiger charge is 2.12. The number of nitriles is 1. The Bertz CT molecular complexity index is 660. The molecule has 0 saturated heterocycles. The largest absolute Gasteiger partial charge is 0.433 e. The normalized spacial score (nSPS) is 9.89. The van der Waals surface area contributed by atoms with E-state index >= 15 is 0 Å². The SMILES string of the molecule is N#Cc1ccc(Cl)cc1NCc1ccc([N+](=O)[O-])o1. The molecular weight excluding hydrogens is 270 g/mol. The van der Waals surface area contributed by atoms with Gasteiger partial charge in [-0.25, -0.2) is 0 Å². The zero-order valence-electron chi connectivity index (χ0n) is 9.59. The minimum absolute atomic E-state index is 0.225. The first-order valence-corrected chi connectivity index (χ1v) is 5.64. The number of hydrogen-bond acceptors (Lipinski definition) is 5. The molecule has 0 atom stereocenters. The summed E-state index contributed by atoms with van der Waals surface area (Å²) >= 11 is 5.84. The molecule has 0 radical (unpaired) electrons. The van der Waals surface area contributed by atoms with Gasteiger partial charge in [0.25, 0.3) is 0 Å². The summed E-state index contributed by atoms with van der Waals surface area (Å²) in [7, 11) is 0. The number of hydrogen-bond donors (Lipinski definition) is 1. The van der Waals surface area contributed by atoms with Gasteiger partial charge in [0.1, 0.15) is 16.8 Å². The molecule has 0 spiro atoms. The molecule has 1 aromatic heterocycles. The van der Waals surface area contributed by atoms with Crippen molar-refractivity contribution in [3.8, 4) is 6.07 Å². The van der Waals surface area contributed by atoms with E-state index in [-0.39, 0.29) is 12.4 Å². The van der Waals surface area contributed by atoms with Gasteiger partial charge in [-0.15, -0.1) is 0 Å². The molecule has 0 aliphatic carbocycles. The lowest BCUT2D eigenvalue weighted by molar-refractivity contribution is -0.402. The first-order chi connectivity index (χ1) is 9.10. The van der Waals surface area contributed by atoms with Gasteiger partial charge in [-0.3, -0.25) is 10.1 Å². The topological polar surface area (TPSA) is 92.1 Å². The fraction of sp³-hybridized carbons (Fsp3) is 0.0833. The van der Waals surface area contributed by atoms with Crippen molar-refractivity contribution >= 4 is 23.2 Å². The zero-order chi connectivity index (χ0) is 13.8. The summed E-state index contributed by atoms with van der Waals surface area (Å²) in [5.41, 5.74) is 0.986. The minimum atomic E-state index is -0.608. The summed E-state index contributed by atoms with van der Waals surface area (Å²) in [4.78, 5) is 9.86. The molecule has 6 nitrogen and oxygen atoms in total. The highest BCUT2D eigenvalue weighted by Crippen LogP contribution is 2.22. The summed E-state index contributed by atoms with van der Waals surface area (Å²) in [5, 5.41) is 22.8. The Morgan fingerprint density at radius 1 is 1.42 bits per heavy atom. The minimum Gasteiger partial charge on any atom is -0.404 e. The average Bonchev–Trinajstić information content (AvgIpc) is 2.85. The van der Waals surface area contributed by atoms with Crippen LogP contribution in [0.4, 0.5) is 11.6 Å². The molecule has 1 heterocycles. The van der Waals surface area contributed by atoms with Crippen LogP contribution in [0, 0.1) is 21.4 Å². The third-order valence-electron chi connectivity index (χ3n) is 2.38. The van der Waals surface area contributed by atoms with Crippen LogP contribution in [0.5, 0.6) is 0 Å². The van der Waals surface area contributed by atoms with E-state index in [1.807, 2.05) is 6.07 Å². The number of benzene rings is 1. The summed E-state index contributed by atoms with van der Waals surface area (Å²) in [6.45, 7) is 0.225. The van der Waals surface area contributed by atoms with Gasteiger partial charge in [0, 0.05) is 5.02 Å². The van der Waals surface area contributed by atoms with Crippen molar-refractivity contribution in [2.75, 3.05) is 5.32 Å². The highest BCUT2D eigenvalue weighted by atomic mass is 35.5. The zero-order valence-corrected chi connectivity index (χ0v) is 10.3. The summed E-state index contributed by atoms with van der Waals surface area (Å²) < 4.78 is 4.99. The number of nitro groups is 1. The van der Waals surface area contributed by atoms with Crippen LogP contribution in [0.1, 0.15) is 11.3 Å². The molecule has 7 heteroatoms. The molecule has 2 aromatic rings. The molecule has 0 unspecified atom stereocenters. The molecule has 0 fully saturated rings. The second-order valence-electron chi connectivity index (χ2n) is 3.65. The lowest BCUT2D eigenvalue weighted by atomic mass is 10.2. The van der Waals surface area contributed by atoms with E-state index < -0.39 is 4.92 Å². The van der Waals surface area contributed by atoms with E-state index in [4.69, 9.17) is 21.3 Å². The summed E-state index contributed by atoms with van der Waals surface area (Å²) in [6, 6.07) is 9.62. The molecule has 0 amide bonds. The molecule has 0 saturated carbocycles. The van der Waals surface area contributed by atoms with Crippen molar-refractivity contribution in [1.29, 1.82) is 5.26 Å². The van der Waals surface area contributed by atoms with E-state index in [9.17, 15) is 10.1 Å². The highest BCUT2D eigenvalue weighted by molar-refractivity contribution is 6.30. The number of rotatable bonds is 4. The predicted octanol–water partition coefficient (Wildman–Crippen LogP) is 3.32. The maximum atomic E-state index is 10.5. The van der Waals surface area contributed by atoms with Gasteiger partial charge in [0.05, 0.1) is 23.9 Å². The Kier molecular flexibility index (Phi) is 3.68. The van der Waals surface area contributed by atoms with Crippen molar-refractivity contribution in [2.24, 2.45) is 0 Å². The van der Waals surface area contributed by atoms with Crippen LogP contribution >= 0.6 is 11.6 Å². The Labute approximate surface area is 113 Å². The van der Waals surface area contributed by atoms with Crippen LogP contribution in [0.3, 0.4) is 0 Å². The summed E-state index contributed by atoms with van der Waals surface area (Å²) in [5.74, 6) is 0.0824. The lowest BCUT2D eigenvalue weighted by Gasteiger charge is -2.06. The molecule has 1 aromatic carbocycles. The Balaban J connectivity index is 2.12. The van der Waals surface area contributed by atoms with Gasteiger partial charge < -0.3 is 9.73 Å². The first kappa shape index (κ1) is 12.9. The molecule has 2 rings (SSSR count). The van der Waals surface area contributed by atoms with Gasteiger partial charge in [-0.05, 0) is 24.3 Å². The number of nitrogens with one attached hydrogen (secondary N) is 1. The third-order valence-corrected chi connectivity index (χ3v) is 2.62. The van der Waals surface area contributed by atoms with Crippen LogP contribution in [0.15, 0.2) is 34.7 Å². The van der Waals surface area contributed by atoms with Crippen molar-refractivity contribution in [3.05, 3.63) is 56.8 Å². The van der Waals surface area contributed by atoms with Crippen molar-refractivity contribution < 1.29 is 9.34 Å². The van der Waals surface area contributed by atoms with Crippen LogP contribution in [0.2, 0.25) is 5.02 Å². The Morgan fingerprint density at radius 2 is 2.21 bits per heavy atom. The molecular formula is C12H8ClN3O3. The van der Waals surface area contributed by atoms with Gasteiger partial charge >= 0.3 is 5.88 Å². The Morgan fingerprint density at radius 3 is 2.84 bits per heavy atom. The van der Waals surface area contributed by atoms with Crippen molar-refractivity contribution in [3.63, 3.8) is 0 Å². The predicted molar refractivity (Wildman–Crippen MR) is 68.9 cm³/mol. The monoisotopic (exact) mass is 277 g/mol. The number of nitrogens with zero attached hydrogens (tertiary/aromatic N) is 2. The molecule has 0 bridgehead atoms. The second-order valence-corrected chi connectivity index (χ2v) is 4.09. The van der Waals surface area contributed by atoms with Gasteiger partial charge in [0.2, 0.25) is 0 Å². The maximum Gasteiger partial charge on any atom is 0.433 e. The lowest BCUT2D eigenvalue weighted by Crippen LogP contribution is -2.00. The molecule has 96 valence electrons. The van der Waals surface area contributed by atoms with Gasteiger partial charge in [0.15, 0.2) is 0 Å². The molecule has 1 N–H and O–H groups in total. The fourth-order valence-electron chi connectivity index (χ4n) is 1.50. The number of anilines is 1. The van der Waals surface area contributed by atoms with E-state index in [1.54, 1.807) is 18.2 Å².